The SMILES string of the molecule is CC(C)(C)[C@@H](NC(=O)C(F)(F)F)C(=O)N1C[C@H]2CC(F)(F)C[C@H]2[C@@H]1C(=O)N[C@@H](/C=C(\F)S(C)(=O)=O)C[C@H]1CCNC1=O. The smallest absolute Gasteiger partial charge is 0.356 e. The lowest BCUT2D eigenvalue weighted by Gasteiger charge is -2.37. The average molecular weight is 633 g/mol. The summed E-state index contributed by atoms with van der Waals surface area (Å²) < 4.78 is 106. The fraction of sp³-hybridized carbons (Fsp3) is 0.760. The minimum atomic E-state index is -5.33. The van der Waals surface area contributed by atoms with Crippen molar-refractivity contribution in [1.29, 1.82) is 0 Å². The maximum absolute atomic E-state index is 14.5. The van der Waals surface area contributed by atoms with Crippen LogP contribution >= 0.6 is 0 Å². The molecule has 2 saturated heterocycles. The quantitative estimate of drug-likeness (QED) is 0.349. The van der Waals surface area contributed by atoms with Crippen LogP contribution in [0.4, 0.5) is 26.3 Å². The van der Waals surface area contributed by atoms with E-state index in [0.717, 1.165) is 4.90 Å². The number of likely N-dealkylation sites (tertiary alicyclic amines) is 1. The topological polar surface area (TPSA) is 142 Å². The van der Waals surface area contributed by atoms with Gasteiger partial charge < -0.3 is 20.9 Å². The number of alkyl halides is 5. The van der Waals surface area contributed by atoms with Crippen molar-refractivity contribution in [2.75, 3.05) is 19.3 Å². The van der Waals surface area contributed by atoms with Crippen LogP contribution in [0.5, 0.6) is 0 Å². The molecule has 6 atom stereocenters. The molecular weight excluding hydrogens is 598 g/mol. The predicted molar refractivity (Wildman–Crippen MR) is 136 cm³/mol. The van der Waals surface area contributed by atoms with E-state index in [0.29, 0.717) is 12.3 Å². The van der Waals surface area contributed by atoms with E-state index in [4.69, 9.17) is 0 Å². The number of fused-ring (bicyclic) bond motifs is 1. The van der Waals surface area contributed by atoms with Crippen LogP contribution < -0.4 is 16.0 Å². The van der Waals surface area contributed by atoms with Crippen LogP contribution in [0, 0.1) is 23.2 Å². The number of nitrogens with one attached hydrogen (secondary N) is 3. The van der Waals surface area contributed by atoms with Crippen molar-refractivity contribution in [1.82, 2.24) is 20.9 Å². The van der Waals surface area contributed by atoms with E-state index in [9.17, 15) is 53.9 Å². The highest BCUT2D eigenvalue weighted by molar-refractivity contribution is 7.94. The molecule has 3 fully saturated rings. The third-order valence-corrected chi connectivity index (χ3v) is 8.63. The maximum Gasteiger partial charge on any atom is 0.471 e. The summed E-state index contributed by atoms with van der Waals surface area (Å²) in [5.74, 6) is -11.0. The molecule has 0 unspecified atom stereocenters. The average Bonchev–Trinajstić information content (AvgIpc) is 3.45. The molecule has 1 saturated carbocycles. The highest BCUT2D eigenvalue weighted by Crippen LogP contribution is 2.50. The second kappa shape index (κ2) is 11.7. The summed E-state index contributed by atoms with van der Waals surface area (Å²) >= 11 is 0. The Balaban J connectivity index is 1.97. The van der Waals surface area contributed by atoms with Gasteiger partial charge in [0.25, 0.3) is 0 Å². The number of hydrogen-bond donors (Lipinski definition) is 3. The van der Waals surface area contributed by atoms with E-state index in [1.807, 2.05) is 0 Å². The van der Waals surface area contributed by atoms with E-state index < -0.39 is 111 Å². The van der Waals surface area contributed by atoms with Crippen LogP contribution in [0.3, 0.4) is 0 Å². The fourth-order valence-corrected chi connectivity index (χ4v) is 6.19. The number of amides is 4. The lowest BCUT2D eigenvalue weighted by atomic mass is 9.85. The van der Waals surface area contributed by atoms with Crippen molar-refractivity contribution < 1.29 is 53.9 Å². The normalized spacial score (nSPS) is 27.7. The molecule has 3 rings (SSSR count). The highest BCUT2D eigenvalue weighted by atomic mass is 32.2. The van der Waals surface area contributed by atoms with Gasteiger partial charge in [0.15, 0.2) is 0 Å². The van der Waals surface area contributed by atoms with Gasteiger partial charge in [0, 0.05) is 38.1 Å². The van der Waals surface area contributed by atoms with E-state index in [2.05, 4.69) is 10.6 Å². The Labute approximate surface area is 238 Å². The van der Waals surface area contributed by atoms with Crippen LogP contribution in [0.1, 0.15) is 46.5 Å². The zero-order valence-electron chi connectivity index (χ0n) is 23.4. The monoisotopic (exact) mass is 632 g/mol. The Morgan fingerprint density at radius 3 is 2.26 bits per heavy atom. The van der Waals surface area contributed by atoms with Gasteiger partial charge in [0.1, 0.15) is 12.1 Å². The van der Waals surface area contributed by atoms with Crippen molar-refractivity contribution >= 4 is 33.5 Å². The Hall–Kier alpha value is -2.85. The summed E-state index contributed by atoms with van der Waals surface area (Å²) in [5, 5.41) is 4.95. The number of carbonyl (C=O) groups excluding carboxylic acids is 4. The lowest BCUT2D eigenvalue weighted by molar-refractivity contribution is -0.176. The number of sulfone groups is 1. The molecule has 0 aromatic rings. The zero-order chi connectivity index (χ0) is 32.0. The Morgan fingerprint density at radius 1 is 1.14 bits per heavy atom. The molecule has 1 aliphatic carbocycles. The first-order valence-corrected chi connectivity index (χ1v) is 15.1. The molecule has 2 aliphatic heterocycles. The number of halogens is 6. The number of hydrogen-bond acceptors (Lipinski definition) is 6. The van der Waals surface area contributed by atoms with Gasteiger partial charge in [-0.3, -0.25) is 19.2 Å². The first-order valence-electron chi connectivity index (χ1n) is 13.2. The van der Waals surface area contributed by atoms with Crippen LogP contribution in [-0.2, 0) is 29.0 Å². The molecule has 0 aromatic heterocycles. The largest absolute Gasteiger partial charge is 0.471 e. The maximum atomic E-state index is 14.5. The van der Waals surface area contributed by atoms with E-state index >= 15 is 0 Å². The first-order chi connectivity index (χ1) is 19.0. The van der Waals surface area contributed by atoms with Gasteiger partial charge in [-0.25, -0.2) is 17.2 Å². The Kier molecular flexibility index (Phi) is 9.36. The molecule has 3 N–H and O–H groups in total. The summed E-state index contributed by atoms with van der Waals surface area (Å²) in [6.07, 6.45) is -5.67. The molecular formula is C25H34F6N4O6S. The molecule has 2 heterocycles. The first kappa shape index (κ1) is 33.6. The molecule has 0 spiro atoms. The van der Waals surface area contributed by atoms with Crippen LogP contribution in [-0.4, -0.2) is 86.5 Å². The fourth-order valence-electron chi connectivity index (χ4n) is 5.78. The van der Waals surface area contributed by atoms with Crippen LogP contribution in [0.15, 0.2) is 11.2 Å². The number of rotatable bonds is 8. The molecule has 0 bridgehead atoms. The second-order valence-corrected chi connectivity index (χ2v) is 14.2. The van der Waals surface area contributed by atoms with E-state index in [-0.39, 0.29) is 19.4 Å². The lowest BCUT2D eigenvalue weighted by Crippen LogP contribution is -2.60. The summed E-state index contributed by atoms with van der Waals surface area (Å²) in [6.45, 7) is 3.97. The molecule has 0 radical (unpaired) electrons. The molecule has 42 heavy (non-hydrogen) atoms. The van der Waals surface area contributed by atoms with Gasteiger partial charge in [-0.2, -0.15) is 17.6 Å². The van der Waals surface area contributed by atoms with Gasteiger partial charge >= 0.3 is 12.1 Å². The predicted octanol–water partition coefficient (Wildman–Crippen LogP) is 1.82. The Bertz CT molecular complexity index is 1250. The van der Waals surface area contributed by atoms with Crippen LogP contribution in [0.25, 0.3) is 0 Å². The third-order valence-electron chi connectivity index (χ3n) is 7.79. The molecule has 0 aromatic carbocycles. The molecule has 238 valence electrons. The van der Waals surface area contributed by atoms with Crippen molar-refractivity contribution in [2.45, 2.75) is 76.7 Å². The van der Waals surface area contributed by atoms with Gasteiger partial charge in [0.05, 0.1) is 6.04 Å². The van der Waals surface area contributed by atoms with Crippen molar-refractivity contribution in [3.8, 4) is 0 Å². The second-order valence-electron chi connectivity index (χ2n) is 12.3. The minimum absolute atomic E-state index is 0.252. The number of carbonyl (C=O) groups is 4. The van der Waals surface area contributed by atoms with Gasteiger partial charge in [-0.05, 0) is 36.2 Å². The van der Waals surface area contributed by atoms with Gasteiger partial charge in [-0.1, -0.05) is 20.8 Å². The van der Waals surface area contributed by atoms with Crippen molar-refractivity contribution in [3.63, 3.8) is 0 Å². The number of nitrogens with zero attached hydrogens (tertiary/aromatic N) is 1. The summed E-state index contributed by atoms with van der Waals surface area (Å²) in [5.41, 5.74) is -1.31. The highest BCUT2D eigenvalue weighted by Gasteiger charge is 2.59. The molecule has 10 nitrogen and oxygen atoms in total. The molecule has 3 aliphatic rings. The van der Waals surface area contributed by atoms with Gasteiger partial charge in [0.2, 0.25) is 38.6 Å². The van der Waals surface area contributed by atoms with Crippen molar-refractivity contribution in [2.24, 2.45) is 23.2 Å². The molecule has 4 amide bonds. The minimum Gasteiger partial charge on any atom is -0.356 e. The summed E-state index contributed by atoms with van der Waals surface area (Å²) in [4.78, 5) is 52.0. The zero-order valence-corrected chi connectivity index (χ0v) is 24.2. The van der Waals surface area contributed by atoms with Crippen molar-refractivity contribution in [3.05, 3.63) is 11.2 Å². The van der Waals surface area contributed by atoms with Gasteiger partial charge in [-0.15, -0.1) is 0 Å². The standard InChI is InChI=1S/C25H34F6N4O6S/c1-23(2,3)18(34-22(39)25(29,30)31)21(38)35-11-13-9-24(27,28)10-15(13)17(35)20(37)33-14(8-16(26)42(4,40)41)7-12-5-6-32-19(12)36/h8,12-15,17-18H,5-7,9-11H2,1-4H3,(H,32,36)(H,33,37)(H,34,39)/b16-8+/t12-,13-,14-,15-,17-,18+/m1/s1. The van der Waals surface area contributed by atoms with E-state index in [1.54, 1.807) is 5.32 Å². The molecule has 17 heteroatoms. The Morgan fingerprint density at radius 2 is 1.76 bits per heavy atom. The van der Waals surface area contributed by atoms with E-state index in [1.165, 1.54) is 20.8 Å². The summed E-state index contributed by atoms with van der Waals surface area (Å²) in [6, 6.07) is -4.87. The summed E-state index contributed by atoms with van der Waals surface area (Å²) in [7, 11) is -4.36. The third kappa shape index (κ3) is 7.75. The van der Waals surface area contributed by atoms with Crippen LogP contribution in [0.2, 0.25) is 0 Å².